The van der Waals surface area contributed by atoms with E-state index in [-0.39, 0.29) is 30.1 Å². The standard InChI is InChI=1S/C32H43N5O4/c1-22(38)7-5-4-6-8-30(32(40)35-25-13-17-37(18-14-25)21-24-11-15-33-16-12-24)36-31(39)20-27-23(2)34-29-10-9-26(41-3)19-28(27)29/h9-12,15-16,19,25,30,34H,4-8,13-14,17-18,20-21H2,1-3H3,(H,35,40)(H,36,39)/t30-/m0/s1. The largest absolute Gasteiger partial charge is 0.497 e. The second-order valence-electron chi connectivity index (χ2n) is 11.2. The van der Waals surface area contributed by atoms with Gasteiger partial charge in [-0.25, -0.2) is 0 Å². The molecule has 0 aliphatic carbocycles. The molecular formula is C32H43N5O4. The minimum absolute atomic E-state index is 0.0802. The number of nitrogens with one attached hydrogen (secondary N) is 3. The minimum Gasteiger partial charge on any atom is -0.497 e. The van der Waals surface area contributed by atoms with Gasteiger partial charge in [0.25, 0.3) is 0 Å². The van der Waals surface area contributed by atoms with Crippen LogP contribution >= 0.6 is 0 Å². The predicted molar refractivity (Wildman–Crippen MR) is 160 cm³/mol. The summed E-state index contributed by atoms with van der Waals surface area (Å²) in [6.45, 7) is 6.23. The number of H-pyrrole nitrogens is 1. The van der Waals surface area contributed by atoms with Gasteiger partial charge in [0.15, 0.2) is 0 Å². The zero-order valence-corrected chi connectivity index (χ0v) is 24.5. The van der Waals surface area contributed by atoms with E-state index >= 15 is 0 Å². The number of aryl methyl sites for hydroxylation is 1. The van der Waals surface area contributed by atoms with Crippen molar-refractivity contribution in [2.45, 2.75) is 83.8 Å². The van der Waals surface area contributed by atoms with Crippen molar-refractivity contribution in [3.63, 3.8) is 0 Å². The van der Waals surface area contributed by atoms with Crippen LogP contribution in [0.4, 0.5) is 0 Å². The number of aromatic nitrogens is 2. The number of hydrogen-bond acceptors (Lipinski definition) is 6. The molecule has 9 nitrogen and oxygen atoms in total. The molecule has 220 valence electrons. The van der Waals surface area contributed by atoms with Gasteiger partial charge in [0.05, 0.1) is 13.5 Å². The third-order valence-electron chi connectivity index (χ3n) is 7.93. The van der Waals surface area contributed by atoms with Gasteiger partial charge in [0.2, 0.25) is 11.8 Å². The Bertz CT molecular complexity index is 1310. The molecule has 1 atom stereocenters. The first kappa shape index (κ1) is 30.2. The van der Waals surface area contributed by atoms with Crippen LogP contribution < -0.4 is 15.4 Å². The highest BCUT2D eigenvalue weighted by Crippen LogP contribution is 2.27. The molecule has 9 heteroatoms. The molecule has 1 aliphatic heterocycles. The van der Waals surface area contributed by atoms with E-state index < -0.39 is 6.04 Å². The van der Waals surface area contributed by atoms with Crippen molar-refractivity contribution in [3.05, 3.63) is 59.5 Å². The smallest absolute Gasteiger partial charge is 0.242 e. The van der Waals surface area contributed by atoms with Gasteiger partial charge in [0, 0.05) is 61.1 Å². The molecule has 1 fully saturated rings. The average Bonchev–Trinajstić information content (AvgIpc) is 3.27. The molecule has 41 heavy (non-hydrogen) atoms. The van der Waals surface area contributed by atoms with Gasteiger partial charge in [-0.15, -0.1) is 0 Å². The average molecular weight is 562 g/mol. The van der Waals surface area contributed by atoms with Crippen molar-refractivity contribution in [2.24, 2.45) is 0 Å². The maximum atomic E-state index is 13.4. The lowest BCUT2D eigenvalue weighted by Crippen LogP contribution is -2.52. The summed E-state index contributed by atoms with van der Waals surface area (Å²) in [6.07, 6.45) is 9.01. The maximum absolute atomic E-state index is 13.4. The van der Waals surface area contributed by atoms with Crippen LogP contribution in [0, 0.1) is 6.92 Å². The van der Waals surface area contributed by atoms with Crippen molar-refractivity contribution in [1.82, 2.24) is 25.5 Å². The zero-order chi connectivity index (χ0) is 29.2. The van der Waals surface area contributed by atoms with E-state index in [2.05, 4.69) is 25.5 Å². The topological polar surface area (TPSA) is 116 Å². The molecule has 4 rings (SSSR count). The highest BCUT2D eigenvalue weighted by atomic mass is 16.5. The van der Waals surface area contributed by atoms with Crippen molar-refractivity contribution >= 4 is 28.5 Å². The van der Waals surface area contributed by atoms with Crippen LogP contribution in [-0.4, -0.2) is 64.7 Å². The number of benzene rings is 1. The van der Waals surface area contributed by atoms with Gasteiger partial charge in [-0.05, 0) is 81.0 Å². The lowest BCUT2D eigenvalue weighted by Gasteiger charge is -2.33. The number of pyridine rings is 1. The summed E-state index contributed by atoms with van der Waals surface area (Å²) < 4.78 is 5.38. The SMILES string of the molecule is COc1ccc2[nH]c(C)c(CC(=O)N[C@@H](CCCCCC(C)=O)C(=O)NC3CCN(Cc4ccncc4)CC3)c2c1. The van der Waals surface area contributed by atoms with Crippen molar-refractivity contribution in [1.29, 1.82) is 0 Å². The van der Waals surface area contributed by atoms with Crippen molar-refractivity contribution < 1.29 is 19.1 Å². The summed E-state index contributed by atoms with van der Waals surface area (Å²) in [6, 6.07) is 9.30. The number of fused-ring (bicyclic) bond motifs is 1. The molecule has 0 unspecified atom stereocenters. The van der Waals surface area contributed by atoms with Gasteiger partial charge in [0.1, 0.15) is 17.6 Å². The number of methoxy groups -OCH3 is 1. The summed E-state index contributed by atoms with van der Waals surface area (Å²) in [4.78, 5) is 47.8. The Morgan fingerprint density at radius 2 is 1.85 bits per heavy atom. The number of piperidine rings is 1. The molecule has 3 aromatic rings. The Labute approximate surface area is 242 Å². The summed E-state index contributed by atoms with van der Waals surface area (Å²) in [5.41, 5.74) is 4.01. The van der Waals surface area contributed by atoms with Crippen LogP contribution in [0.5, 0.6) is 5.75 Å². The molecule has 3 N–H and O–H groups in total. The molecule has 1 saturated heterocycles. The summed E-state index contributed by atoms with van der Waals surface area (Å²) in [7, 11) is 1.62. The quantitative estimate of drug-likeness (QED) is 0.254. The van der Waals surface area contributed by atoms with Crippen LogP contribution in [-0.2, 0) is 27.3 Å². The van der Waals surface area contributed by atoms with E-state index in [0.717, 1.165) is 79.6 Å². The molecule has 2 amide bonds. The van der Waals surface area contributed by atoms with Crippen LogP contribution in [0.15, 0.2) is 42.7 Å². The molecule has 0 radical (unpaired) electrons. The number of nitrogens with zero attached hydrogens (tertiary/aromatic N) is 2. The lowest BCUT2D eigenvalue weighted by atomic mass is 10.0. The van der Waals surface area contributed by atoms with Crippen LogP contribution in [0.2, 0.25) is 0 Å². The van der Waals surface area contributed by atoms with Gasteiger partial charge < -0.3 is 25.1 Å². The maximum Gasteiger partial charge on any atom is 0.242 e. The highest BCUT2D eigenvalue weighted by Gasteiger charge is 2.26. The predicted octanol–water partition coefficient (Wildman–Crippen LogP) is 4.23. The van der Waals surface area contributed by atoms with E-state index in [1.807, 2.05) is 49.6 Å². The summed E-state index contributed by atoms with van der Waals surface area (Å²) >= 11 is 0. The minimum atomic E-state index is -0.616. The highest BCUT2D eigenvalue weighted by molar-refractivity contribution is 5.93. The number of carbonyl (C=O) groups is 3. The fraction of sp³-hybridized carbons (Fsp3) is 0.500. The Morgan fingerprint density at radius 3 is 2.56 bits per heavy atom. The Morgan fingerprint density at radius 1 is 1.10 bits per heavy atom. The number of aromatic amines is 1. The van der Waals surface area contributed by atoms with Crippen molar-refractivity contribution in [2.75, 3.05) is 20.2 Å². The zero-order valence-electron chi connectivity index (χ0n) is 24.5. The van der Waals surface area contributed by atoms with Crippen LogP contribution in [0.3, 0.4) is 0 Å². The van der Waals surface area contributed by atoms with Gasteiger partial charge in [-0.3, -0.25) is 19.5 Å². The Kier molecular flexibility index (Phi) is 10.9. The number of amides is 2. The lowest BCUT2D eigenvalue weighted by molar-refractivity contribution is -0.129. The number of rotatable bonds is 14. The fourth-order valence-corrected chi connectivity index (χ4v) is 5.57. The molecule has 1 aromatic carbocycles. The first-order valence-corrected chi connectivity index (χ1v) is 14.7. The van der Waals surface area contributed by atoms with E-state index in [1.165, 1.54) is 5.56 Å². The second-order valence-corrected chi connectivity index (χ2v) is 11.2. The van der Waals surface area contributed by atoms with Crippen molar-refractivity contribution in [3.8, 4) is 5.75 Å². The van der Waals surface area contributed by atoms with E-state index in [1.54, 1.807) is 14.0 Å². The number of likely N-dealkylation sites (tertiary alicyclic amines) is 1. The normalized spacial score (nSPS) is 15.0. The molecule has 2 aromatic heterocycles. The molecule has 0 saturated carbocycles. The van der Waals surface area contributed by atoms with Gasteiger partial charge >= 0.3 is 0 Å². The summed E-state index contributed by atoms with van der Waals surface area (Å²) in [5.74, 6) is 0.587. The van der Waals surface area contributed by atoms with E-state index in [9.17, 15) is 14.4 Å². The monoisotopic (exact) mass is 561 g/mol. The molecule has 0 bridgehead atoms. The summed E-state index contributed by atoms with van der Waals surface area (Å²) in [5, 5.41) is 7.19. The number of ether oxygens (including phenoxy) is 1. The number of carbonyl (C=O) groups excluding carboxylic acids is 3. The van der Waals surface area contributed by atoms with Gasteiger partial charge in [-0.2, -0.15) is 0 Å². The number of hydrogen-bond donors (Lipinski definition) is 3. The van der Waals surface area contributed by atoms with E-state index in [0.29, 0.717) is 12.8 Å². The molecule has 1 aliphatic rings. The van der Waals surface area contributed by atoms with E-state index in [4.69, 9.17) is 4.74 Å². The third-order valence-corrected chi connectivity index (χ3v) is 7.93. The van der Waals surface area contributed by atoms with Gasteiger partial charge in [-0.1, -0.05) is 12.8 Å². The van der Waals surface area contributed by atoms with Crippen LogP contribution in [0.25, 0.3) is 10.9 Å². The second kappa shape index (κ2) is 14.8. The Hall–Kier alpha value is -3.72. The third kappa shape index (κ3) is 8.88. The molecule has 3 heterocycles. The molecule has 0 spiro atoms. The first-order valence-electron chi connectivity index (χ1n) is 14.7. The number of unbranched alkanes of at least 4 members (excludes halogenated alkanes) is 2. The number of Topliss-reactive ketones (excluding diaryl/α,β-unsaturated/α-hetero) is 1. The Balaban J connectivity index is 1.35. The number of ketones is 1. The first-order chi connectivity index (χ1) is 19.8. The fourth-order valence-electron chi connectivity index (χ4n) is 5.57. The molecular weight excluding hydrogens is 518 g/mol. The van der Waals surface area contributed by atoms with Crippen LogP contribution in [0.1, 0.15) is 68.7 Å².